The van der Waals surface area contributed by atoms with Crippen molar-refractivity contribution in [1.82, 2.24) is 0 Å². The number of halogens is 1. The molecule has 1 saturated heterocycles. The number of carbonyl (C=O) groups is 1. The molecule has 1 aliphatic rings. The number of amides is 1. The van der Waals surface area contributed by atoms with Gasteiger partial charge in [-0.05, 0) is 48.0 Å². The Bertz CT molecular complexity index is 1240. The van der Waals surface area contributed by atoms with Crippen LogP contribution in [0.4, 0.5) is 5.69 Å². The molecule has 0 spiro atoms. The number of para-hydroxylation sites is 2. The van der Waals surface area contributed by atoms with Crippen LogP contribution in [0.15, 0.2) is 77.7 Å². The van der Waals surface area contributed by atoms with E-state index in [1.165, 1.54) is 23.8 Å². The minimum Gasteiger partial charge on any atom is -0.493 e. The van der Waals surface area contributed by atoms with Crippen molar-refractivity contribution in [3.8, 4) is 17.2 Å². The third-order valence-corrected chi connectivity index (χ3v) is 6.65. The summed E-state index contributed by atoms with van der Waals surface area (Å²) < 4.78 is 22.9. The molecule has 0 atom stereocenters. The standard InChI is InChI=1S/C27H24ClNO5S2/c1-31-23-17-19(18-24-26(30)29(27(35)36-24)20-8-4-2-5-9-20)16-22(28)25(23)34-15-13-32-12-14-33-21-10-6-3-7-11-21/h2-11,16-18H,12-15H2,1H3/b24-18-. The zero-order chi connectivity index (χ0) is 25.3. The van der Waals surface area contributed by atoms with Crippen LogP contribution >= 0.6 is 35.6 Å². The number of thiocarbonyl (C=S) groups is 1. The van der Waals surface area contributed by atoms with E-state index < -0.39 is 0 Å². The van der Waals surface area contributed by atoms with Gasteiger partial charge in [-0.3, -0.25) is 9.69 Å². The molecular weight excluding hydrogens is 518 g/mol. The SMILES string of the molecule is COc1cc(/C=C2\SC(=S)N(c3ccccc3)C2=O)cc(Cl)c1OCCOCCOc1ccccc1. The van der Waals surface area contributed by atoms with E-state index in [-0.39, 0.29) is 12.5 Å². The first-order valence-corrected chi connectivity index (χ1v) is 12.8. The lowest BCUT2D eigenvalue weighted by molar-refractivity contribution is -0.113. The number of nitrogens with zero attached hydrogens (tertiary/aromatic N) is 1. The molecule has 0 aromatic heterocycles. The number of thioether (sulfide) groups is 1. The molecule has 36 heavy (non-hydrogen) atoms. The Kier molecular flexibility index (Phi) is 9.24. The molecule has 0 aliphatic carbocycles. The highest BCUT2D eigenvalue weighted by Crippen LogP contribution is 2.40. The summed E-state index contributed by atoms with van der Waals surface area (Å²) in [4.78, 5) is 15.0. The first-order valence-electron chi connectivity index (χ1n) is 11.2. The molecule has 186 valence electrons. The normalized spacial score (nSPS) is 14.4. The van der Waals surface area contributed by atoms with Gasteiger partial charge in [0.05, 0.1) is 35.9 Å². The second-order valence-corrected chi connectivity index (χ2v) is 9.59. The summed E-state index contributed by atoms with van der Waals surface area (Å²) in [6, 6.07) is 22.4. The lowest BCUT2D eigenvalue weighted by Gasteiger charge is -2.14. The maximum absolute atomic E-state index is 13.0. The minimum atomic E-state index is -0.181. The molecule has 4 rings (SSSR count). The predicted molar refractivity (Wildman–Crippen MR) is 148 cm³/mol. The Labute approximate surface area is 224 Å². The average Bonchev–Trinajstić information content (AvgIpc) is 3.17. The number of benzene rings is 3. The minimum absolute atomic E-state index is 0.181. The van der Waals surface area contributed by atoms with Crippen LogP contribution in [0.25, 0.3) is 6.08 Å². The van der Waals surface area contributed by atoms with Gasteiger partial charge in [0.2, 0.25) is 0 Å². The van der Waals surface area contributed by atoms with Crippen LogP contribution in [0.1, 0.15) is 5.56 Å². The number of methoxy groups -OCH3 is 1. The summed E-state index contributed by atoms with van der Waals surface area (Å²) in [5.74, 6) is 1.49. The molecule has 0 radical (unpaired) electrons. The lowest BCUT2D eigenvalue weighted by Crippen LogP contribution is -2.27. The summed E-state index contributed by atoms with van der Waals surface area (Å²) >= 11 is 13.2. The van der Waals surface area contributed by atoms with Crippen molar-refractivity contribution in [3.05, 3.63) is 88.3 Å². The molecule has 6 nitrogen and oxygen atoms in total. The van der Waals surface area contributed by atoms with E-state index in [1.54, 1.807) is 18.2 Å². The van der Waals surface area contributed by atoms with E-state index in [0.717, 1.165) is 11.4 Å². The van der Waals surface area contributed by atoms with Crippen LogP contribution < -0.4 is 19.1 Å². The second-order valence-electron chi connectivity index (χ2n) is 7.51. The quantitative estimate of drug-likeness (QED) is 0.162. The van der Waals surface area contributed by atoms with Crippen molar-refractivity contribution < 1.29 is 23.7 Å². The topological polar surface area (TPSA) is 57.2 Å². The average molecular weight is 542 g/mol. The van der Waals surface area contributed by atoms with Crippen LogP contribution in [0.3, 0.4) is 0 Å². The van der Waals surface area contributed by atoms with Gasteiger partial charge in [0, 0.05) is 0 Å². The highest BCUT2D eigenvalue weighted by atomic mass is 35.5. The Balaban J connectivity index is 1.34. The molecule has 0 bridgehead atoms. The van der Waals surface area contributed by atoms with Gasteiger partial charge in [0.25, 0.3) is 5.91 Å². The van der Waals surface area contributed by atoms with Crippen molar-refractivity contribution in [3.63, 3.8) is 0 Å². The third kappa shape index (κ3) is 6.59. The van der Waals surface area contributed by atoms with Gasteiger partial charge in [-0.2, -0.15) is 0 Å². The lowest BCUT2D eigenvalue weighted by atomic mass is 10.1. The first kappa shape index (κ1) is 26.0. The molecule has 1 aliphatic heterocycles. The molecule has 0 unspecified atom stereocenters. The monoisotopic (exact) mass is 541 g/mol. The van der Waals surface area contributed by atoms with Crippen LogP contribution in [0.5, 0.6) is 17.2 Å². The fourth-order valence-corrected chi connectivity index (χ4v) is 4.99. The highest BCUT2D eigenvalue weighted by molar-refractivity contribution is 8.27. The fraction of sp³-hybridized carbons (Fsp3) is 0.185. The summed E-state index contributed by atoms with van der Waals surface area (Å²) in [5, 5.41) is 0.367. The molecule has 3 aromatic rings. The van der Waals surface area contributed by atoms with E-state index in [0.29, 0.717) is 51.1 Å². The zero-order valence-electron chi connectivity index (χ0n) is 19.5. The molecule has 0 N–H and O–H groups in total. The molecular formula is C27H24ClNO5S2. The Morgan fingerprint density at radius 3 is 2.31 bits per heavy atom. The molecule has 1 fully saturated rings. The van der Waals surface area contributed by atoms with Crippen LogP contribution in [0.2, 0.25) is 5.02 Å². The highest BCUT2D eigenvalue weighted by Gasteiger charge is 2.33. The largest absolute Gasteiger partial charge is 0.493 e. The van der Waals surface area contributed by atoms with Crippen molar-refractivity contribution >= 4 is 57.6 Å². The molecule has 9 heteroatoms. The van der Waals surface area contributed by atoms with Crippen LogP contribution in [-0.2, 0) is 9.53 Å². The van der Waals surface area contributed by atoms with Gasteiger partial charge < -0.3 is 18.9 Å². The summed E-state index contributed by atoms with van der Waals surface area (Å²) in [7, 11) is 1.54. The number of ether oxygens (including phenoxy) is 4. The van der Waals surface area contributed by atoms with Gasteiger partial charge in [0.15, 0.2) is 15.8 Å². The number of rotatable bonds is 11. The van der Waals surface area contributed by atoms with Crippen molar-refractivity contribution in [1.29, 1.82) is 0 Å². The summed E-state index contributed by atoms with van der Waals surface area (Å²) in [6.45, 7) is 1.53. The van der Waals surface area contributed by atoms with E-state index >= 15 is 0 Å². The maximum Gasteiger partial charge on any atom is 0.270 e. The van der Waals surface area contributed by atoms with Gasteiger partial charge in [0.1, 0.15) is 19.0 Å². The van der Waals surface area contributed by atoms with Gasteiger partial charge in [-0.25, -0.2) is 0 Å². The Hall–Kier alpha value is -3.04. The van der Waals surface area contributed by atoms with E-state index in [9.17, 15) is 4.79 Å². The summed E-state index contributed by atoms with van der Waals surface area (Å²) in [5.41, 5.74) is 1.43. The van der Waals surface area contributed by atoms with Crippen LogP contribution in [-0.4, -0.2) is 43.8 Å². The molecule has 1 amide bonds. The van der Waals surface area contributed by atoms with E-state index in [4.69, 9.17) is 42.8 Å². The van der Waals surface area contributed by atoms with Crippen molar-refractivity contribution in [2.24, 2.45) is 0 Å². The van der Waals surface area contributed by atoms with Crippen LogP contribution in [0, 0.1) is 0 Å². The fourth-order valence-electron chi connectivity index (χ4n) is 3.42. The van der Waals surface area contributed by atoms with Gasteiger partial charge in [-0.1, -0.05) is 72.0 Å². The van der Waals surface area contributed by atoms with Gasteiger partial charge in [-0.15, -0.1) is 0 Å². The second kappa shape index (κ2) is 12.8. The third-order valence-electron chi connectivity index (χ3n) is 5.07. The number of anilines is 1. The first-order chi connectivity index (χ1) is 17.6. The molecule has 1 heterocycles. The Morgan fingerprint density at radius 1 is 0.944 bits per heavy atom. The smallest absolute Gasteiger partial charge is 0.270 e. The number of hydrogen-bond acceptors (Lipinski definition) is 7. The van der Waals surface area contributed by atoms with E-state index in [1.807, 2.05) is 60.7 Å². The molecule has 0 saturated carbocycles. The number of hydrogen-bond donors (Lipinski definition) is 0. The molecule has 3 aromatic carbocycles. The van der Waals surface area contributed by atoms with Crippen molar-refractivity contribution in [2.75, 3.05) is 38.4 Å². The zero-order valence-corrected chi connectivity index (χ0v) is 21.9. The number of carbonyl (C=O) groups excluding carboxylic acids is 1. The Morgan fingerprint density at radius 2 is 1.61 bits per heavy atom. The summed E-state index contributed by atoms with van der Waals surface area (Å²) in [6.07, 6.45) is 1.75. The van der Waals surface area contributed by atoms with Crippen molar-refractivity contribution in [2.45, 2.75) is 0 Å². The predicted octanol–water partition coefficient (Wildman–Crippen LogP) is 6.23. The van der Waals surface area contributed by atoms with E-state index in [2.05, 4.69) is 0 Å². The van der Waals surface area contributed by atoms with Gasteiger partial charge >= 0.3 is 0 Å². The maximum atomic E-state index is 13.0.